The van der Waals surface area contributed by atoms with E-state index < -0.39 is 12.2 Å². The van der Waals surface area contributed by atoms with Crippen LogP contribution in [0.4, 0.5) is 15.9 Å². The molecule has 2 aliphatic rings. The SMILES string of the molecule is C=CC(=O)N1C[C@H](C)N(C2=NC(O)N(c3c(C)ccnc3C(C)C)c3nc(-c4ccccc4C=C)c(F)cc32)[C@@H](C)C1. The molecule has 2 aliphatic heterocycles. The number of fused-ring (bicyclic) bond motifs is 1. The van der Waals surface area contributed by atoms with Crippen molar-refractivity contribution in [1.29, 1.82) is 0 Å². The Labute approximate surface area is 246 Å². The molecule has 1 N–H and O–H groups in total. The first-order valence-electron chi connectivity index (χ1n) is 14.2. The average molecular weight is 569 g/mol. The first-order chi connectivity index (χ1) is 20.1. The number of carbonyl (C=O) groups is 1. The minimum absolute atomic E-state index is 0.0397. The predicted octanol–water partition coefficient (Wildman–Crippen LogP) is 5.64. The van der Waals surface area contributed by atoms with Gasteiger partial charge in [0.2, 0.25) is 12.3 Å². The number of benzene rings is 1. The number of aliphatic imine (C=N–C) groups is 1. The summed E-state index contributed by atoms with van der Waals surface area (Å²) >= 11 is 0. The number of rotatable bonds is 5. The Balaban J connectivity index is 1.74. The van der Waals surface area contributed by atoms with Gasteiger partial charge in [-0.25, -0.2) is 14.4 Å². The van der Waals surface area contributed by atoms with Crippen LogP contribution in [0.5, 0.6) is 0 Å². The van der Waals surface area contributed by atoms with E-state index in [-0.39, 0.29) is 29.6 Å². The van der Waals surface area contributed by atoms with Crippen LogP contribution in [-0.2, 0) is 4.79 Å². The fourth-order valence-corrected chi connectivity index (χ4v) is 6.04. The Hall–Kier alpha value is -4.37. The van der Waals surface area contributed by atoms with Crippen molar-refractivity contribution in [3.63, 3.8) is 0 Å². The second kappa shape index (κ2) is 11.5. The molecular formula is C33H37FN6O2. The molecule has 218 valence electrons. The van der Waals surface area contributed by atoms with E-state index in [1.807, 2.05) is 69.9 Å². The van der Waals surface area contributed by atoms with Gasteiger partial charge in [-0.3, -0.25) is 14.7 Å². The minimum atomic E-state index is -1.35. The quantitative estimate of drug-likeness (QED) is 0.401. The van der Waals surface area contributed by atoms with Gasteiger partial charge < -0.3 is 14.9 Å². The molecule has 1 fully saturated rings. The van der Waals surface area contributed by atoms with Crippen LogP contribution in [-0.4, -0.2) is 68.1 Å². The summed E-state index contributed by atoms with van der Waals surface area (Å²) in [4.78, 5) is 32.2. The zero-order valence-electron chi connectivity index (χ0n) is 24.8. The van der Waals surface area contributed by atoms with Crippen LogP contribution in [0.3, 0.4) is 0 Å². The van der Waals surface area contributed by atoms with E-state index in [1.54, 1.807) is 22.1 Å². The number of aromatic nitrogens is 2. The molecule has 0 bridgehead atoms. The number of pyridine rings is 2. The number of aliphatic hydroxyl groups is 1. The Bertz CT molecular complexity index is 1570. The monoisotopic (exact) mass is 568 g/mol. The number of anilines is 2. The predicted molar refractivity (Wildman–Crippen MR) is 165 cm³/mol. The second-order valence-corrected chi connectivity index (χ2v) is 11.2. The van der Waals surface area contributed by atoms with Gasteiger partial charge in [-0.2, -0.15) is 0 Å². The number of aryl methyl sites for hydroxylation is 1. The first-order valence-corrected chi connectivity index (χ1v) is 14.2. The summed E-state index contributed by atoms with van der Waals surface area (Å²) in [5.41, 5.74) is 4.29. The molecule has 3 aromatic rings. The summed E-state index contributed by atoms with van der Waals surface area (Å²) < 4.78 is 16.1. The van der Waals surface area contributed by atoms with Crippen LogP contribution in [0.25, 0.3) is 17.3 Å². The maximum absolute atomic E-state index is 16.1. The summed E-state index contributed by atoms with van der Waals surface area (Å²) in [6.07, 6.45) is 3.39. The molecule has 0 spiro atoms. The van der Waals surface area contributed by atoms with Gasteiger partial charge in [0, 0.05) is 36.9 Å². The topological polar surface area (TPSA) is 85.2 Å². The van der Waals surface area contributed by atoms with Crippen LogP contribution in [0, 0.1) is 12.7 Å². The molecule has 1 saturated heterocycles. The maximum Gasteiger partial charge on any atom is 0.246 e. The number of amides is 1. The molecule has 8 nitrogen and oxygen atoms in total. The smallest absolute Gasteiger partial charge is 0.246 e. The van der Waals surface area contributed by atoms with Gasteiger partial charge in [-0.05, 0) is 56.0 Å². The van der Waals surface area contributed by atoms with Crippen molar-refractivity contribution in [3.8, 4) is 11.3 Å². The highest BCUT2D eigenvalue weighted by molar-refractivity contribution is 6.06. The summed E-state index contributed by atoms with van der Waals surface area (Å²) in [6, 6.07) is 10.4. The lowest BCUT2D eigenvalue weighted by atomic mass is 9.99. The van der Waals surface area contributed by atoms with Crippen LogP contribution in [0.2, 0.25) is 0 Å². The molecule has 9 heteroatoms. The van der Waals surface area contributed by atoms with Gasteiger partial charge in [0.15, 0.2) is 0 Å². The lowest BCUT2D eigenvalue weighted by Gasteiger charge is -2.47. The van der Waals surface area contributed by atoms with Crippen LogP contribution in [0.1, 0.15) is 56.0 Å². The van der Waals surface area contributed by atoms with Gasteiger partial charge in [0.25, 0.3) is 0 Å². The van der Waals surface area contributed by atoms with Gasteiger partial charge in [-0.1, -0.05) is 57.3 Å². The number of carbonyl (C=O) groups excluding carboxylic acids is 1. The van der Waals surface area contributed by atoms with Crippen molar-refractivity contribution in [1.82, 2.24) is 19.8 Å². The highest BCUT2D eigenvalue weighted by atomic mass is 19.1. The standard InChI is InChI=1S/C33H37FN6O2/c1-8-23-12-10-11-13-24(23)29-26(34)16-25-31(36-29)40(30-20(5)14-15-35-28(30)19(3)4)33(42)37-32(25)39-21(6)17-38(18-22(39)7)27(41)9-2/h8-16,19,21-22,33,42H,1-2,17-18H2,3-7H3/t21-,22-,33?/m0/s1. The number of piperazine rings is 1. The third-order valence-corrected chi connectivity index (χ3v) is 7.92. The van der Waals surface area contributed by atoms with E-state index in [1.165, 1.54) is 12.1 Å². The average Bonchev–Trinajstić information content (AvgIpc) is 2.96. The van der Waals surface area contributed by atoms with E-state index >= 15 is 4.39 Å². The van der Waals surface area contributed by atoms with Crippen molar-refractivity contribution in [2.24, 2.45) is 4.99 Å². The van der Waals surface area contributed by atoms with Gasteiger partial charge in [-0.15, -0.1) is 0 Å². The summed E-state index contributed by atoms with van der Waals surface area (Å²) in [5.74, 6) is 0.196. The third kappa shape index (κ3) is 4.98. The zero-order valence-corrected chi connectivity index (χ0v) is 24.8. The summed E-state index contributed by atoms with van der Waals surface area (Å²) in [7, 11) is 0. The number of amidine groups is 1. The molecule has 0 aliphatic carbocycles. The fraction of sp³-hybridized carbons (Fsp3) is 0.333. The summed E-state index contributed by atoms with van der Waals surface area (Å²) in [5, 5.41) is 11.7. The molecule has 5 rings (SSSR count). The Kier molecular flexibility index (Phi) is 7.97. The van der Waals surface area contributed by atoms with E-state index in [0.29, 0.717) is 41.6 Å². The Morgan fingerprint density at radius 1 is 1.12 bits per heavy atom. The third-order valence-electron chi connectivity index (χ3n) is 7.92. The molecule has 2 aromatic heterocycles. The highest BCUT2D eigenvalue weighted by Gasteiger charge is 2.40. The zero-order chi connectivity index (χ0) is 30.3. The van der Waals surface area contributed by atoms with Crippen LogP contribution in [0.15, 0.2) is 66.8 Å². The van der Waals surface area contributed by atoms with E-state index in [4.69, 9.17) is 9.98 Å². The Morgan fingerprint density at radius 3 is 2.45 bits per heavy atom. The number of nitrogens with zero attached hydrogens (tertiary/aromatic N) is 6. The molecule has 1 amide bonds. The highest BCUT2D eigenvalue weighted by Crippen LogP contribution is 2.42. The van der Waals surface area contributed by atoms with Gasteiger partial charge >= 0.3 is 0 Å². The van der Waals surface area contributed by atoms with E-state index in [0.717, 1.165) is 16.8 Å². The summed E-state index contributed by atoms with van der Waals surface area (Å²) in [6.45, 7) is 18.4. The number of hydrogen-bond donors (Lipinski definition) is 1. The molecule has 0 saturated carbocycles. The first kappa shape index (κ1) is 29.1. The van der Waals surface area contributed by atoms with Crippen molar-refractivity contribution < 1.29 is 14.3 Å². The molecule has 42 heavy (non-hydrogen) atoms. The molecule has 4 heterocycles. The van der Waals surface area contributed by atoms with E-state index in [2.05, 4.69) is 18.1 Å². The van der Waals surface area contributed by atoms with Crippen molar-refractivity contribution in [3.05, 3.63) is 90.0 Å². The van der Waals surface area contributed by atoms with Crippen molar-refractivity contribution in [2.45, 2.75) is 59.0 Å². The lowest BCUT2D eigenvalue weighted by Crippen LogP contribution is -2.60. The van der Waals surface area contributed by atoms with Crippen molar-refractivity contribution >= 4 is 29.3 Å². The largest absolute Gasteiger partial charge is 0.355 e. The number of aliphatic hydroxyl groups excluding tert-OH is 1. The van der Waals surface area contributed by atoms with Crippen LogP contribution >= 0.6 is 0 Å². The minimum Gasteiger partial charge on any atom is -0.355 e. The fourth-order valence-electron chi connectivity index (χ4n) is 6.04. The number of hydrogen-bond acceptors (Lipinski definition) is 7. The molecule has 1 aromatic carbocycles. The Morgan fingerprint density at radius 2 is 1.81 bits per heavy atom. The maximum atomic E-state index is 16.1. The van der Waals surface area contributed by atoms with Crippen molar-refractivity contribution in [2.75, 3.05) is 18.0 Å². The molecule has 1 unspecified atom stereocenters. The number of halogens is 1. The lowest BCUT2D eigenvalue weighted by molar-refractivity contribution is -0.129. The molecular weight excluding hydrogens is 531 g/mol. The molecule has 0 radical (unpaired) electrons. The van der Waals surface area contributed by atoms with Gasteiger partial charge in [0.1, 0.15) is 23.2 Å². The van der Waals surface area contributed by atoms with Crippen LogP contribution < -0.4 is 4.90 Å². The normalized spacial score (nSPS) is 20.3. The second-order valence-electron chi connectivity index (χ2n) is 11.2. The van der Waals surface area contributed by atoms with E-state index in [9.17, 15) is 9.90 Å². The van der Waals surface area contributed by atoms with Gasteiger partial charge in [0.05, 0.1) is 16.9 Å². The molecule has 3 atom stereocenters.